The van der Waals surface area contributed by atoms with Gasteiger partial charge in [0.2, 0.25) is 0 Å². The highest BCUT2D eigenvalue weighted by Gasteiger charge is 2.27. The summed E-state index contributed by atoms with van der Waals surface area (Å²) in [6.07, 6.45) is 6.77. The lowest BCUT2D eigenvalue weighted by molar-refractivity contribution is 0.106. The molecule has 0 spiro atoms. The number of sulfone groups is 1. The number of nitrogens with zero attached hydrogens (tertiary/aromatic N) is 2. The summed E-state index contributed by atoms with van der Waals surface area (Å²) in [6.45, 7) is 8.75. The Balaban J connectivity index is 1.76. The summed E-state index contributed by atoms with van der Waals surface area (Å²) >= 11 is 0. The number of piperidine rings is 1. The molecule has 1 saturated heterocycles. The van der Waals surface area contributed by atoms with Gasteiger partial charge < -0.3 is 14.9 Å². The lowest BCUT2D eigenvalue weighted by atomic mass is 9.96. The van der Waals surface area contributed by atoms with Crippen LogP contribution in [0.3, 0.4) is 0 Å². The van der Waals surface area contributed by atoms with Crippen molar-refractivity contribution >= 4 is 26.4 Å². The zero-order valence-electron chi connectivity index (χ0n) is 19.4. The van der Waals surface area contributed by atoms with E-state index in [4.69, 9.17) is 0 Å². The van der Waals surface area contributed by atoms with Gasteiger partial charge in [-0.25, -0.2) is 8.42 Å². The van der Waals surface area contributed by atoms with Gasteiger partial charge in [-0.15, -0.1) is 0 Å². The number of hydrogen-bond acceptors (Lipinski definition) is 5. The fourth-order valence-electron chi connectivity index (χ4n) is 4.50. The molecule has 0 unspecified atom stereocenters. The van der Waals surface area contributed by atoms with Crippen LogP contribution in [0.15, 0.2) is 46.3 Å². The Morgan fingerprint density at radius 2 is 1.78 bits per heavy atom. The number of fused-ring (bicyclic) bond motifs is 1. The number of aryl methyl sites for hydroxylation is 1. The summed E-state index contributed by atoms with van der Waals surface area (Å²) < 4.78 is 26.1. The second-order valence-corrected chi connectivity index (χ2v) is 11.8. The van der Waals surface area contributed by atoms with Crippen molar-refractivity contribution in [2.75, 3.05) is 24.7 Å². The Hall–Kier alpha value is -2.58. The number of benzene rings is 1. The predicted molar refractivity (Wildman–Crippen MR) is 130 cm³/mol. The molecule has 32 heavy (non-hydrogen) atoms. The number of aromatic nitrogens is 2. The van der Waals surface area contributed by atoms with Crippen LogP contribution < -0.4 is 10.9 Å². The highest BCUT2D eigenvalue weighted by atomic mass is 32.2. The van der Waals surface area contributed by atoms with Crippen molar-refractivity contribution in [3.63, 3.8) is 0 Å². The second kappa shape index (κ2) is 8.08. The Morgan fingerprint density at radius 3 is 2.41 bits per heavy atom. The van der Waals surface area contributed by atoms with Gasteiger partial charge in [-0.1, -0.05) is 0 Å². The van der Waals surface area contributed by atoms with Gasteiger partial charge >= 0.3 is 0 Å². The highest BCUT2D eigenvalue weighted by Crippen LogP contribution is 2.35. The number of likely N-dealkylation sites (tertiary alicyclic amines) is 1. The number of rotatable bonds is 4. The van der Waals surface area contributed by atoms with E-state index in [0.29, 0.717) is 11.6 Å². The molecule has 0 bridgehead atoms. The molecule has 7 nitrogen and oxygen atoms in total. The third kappa shape index (κ3) is 4.34. The van der Waals surface area contributed by atoms with Gasteiger partial charge in [0.15, 0.2) is 9.84 Å². The smallest absolute Gasteiger partial charge is 0.274 e. The van der Waals surface area contributed by atoms with E-state index >= 15 is 0 Å². The lowest BCUT2D eigenvalue weighted by Crippen LogP contribution is -2.48. The van der Waals surface area contributed by atoms with Crippen LogP contribution in [0.4, 0.5) is 5.69 Å². The SMILES string of the molecule is Cn1cc(-c2cc(S(C)(=O)=O)ccc2NC2CCN(C(C)(C)C)CC2)c2cc[nH]c2c1=O. The average Bonchev–Trinajstić information content (AvgIpc) is 3.20. The van der Waals surface area contributed by atoms with Crippen LogP contribution in [0, 0.1) is 0 Å². The van der Waals surface area contributed by atoms with Gasteiger partial charge in [-0.2, -0.15) is 0 Å². The number of anilines is 1. The maximum absolute atomic E-state index is 12.5. The standard InChI is InChI=1S/C24H32N4O3S/c1-24(2,3)28-12-9-16(10-13-28)26-21-7-6-17(32(5,30)31)14-19(21)20-15-27(4)23(29)22-18(20)8-11-25-22/h6-8,11,14-16,25-26H,9-10,12-13H2,1-5H3. The van der Waals surface area contributed by atoms with Crippen LogP contribution in [-0.4, -0.2) is 53.8 Å². The Kier molecular flexibility index (Phi) is 5.71. The first-order valence-corrected chi connectivity index (χ1v) is 12.9. The van der Waals surface area contributed by atoms with Crippen molar-refractivity contribution < 1.29 is 8.42 Å². The molecule has 3 aromatic rings. The first-order valence-electron chi connectivity index (χ1n) is 11.0. The van der Waals surface area contributed by atoms with Crippen LogP contribution in [0.5, 0.6) is 0 Å². The molecule has 1 aliphatic heterocycles. The van der Waals surface area contributed by atoms with Gasteiger partial charge in [0.05, 0.1) is 4.90 Å². The molecule has 8 heteroatoms. The highest BCUT2D eigenvalue weighted by molar-refractivity contribution is 7.90. The maximum Gasteiger partial charge on any atom is 0.274 e. The molecule has 172 valence electrons. The zero-order chi connectivity index (χ0) is 23.3. The topological polar surface area (TPSA) is 87.2 Å². The summed E-state index contributed by atoms with van der Waals surface area (Å²) in [5.74, 6) is 0. The number of H-pyrrole nitrogens is 1. The van der Waals surface area contributed by atoms with E-state index in [2.05, 4.69) is 36.0 Å². The van der Waals surface area contributed by atoms with E-state index in [1.165, 1.54) is 10.8 Å². The van der Waals surface area contributed by atoms with Gasteiger partial charge in [-0.3, -0.25) is 9.69 Å². The zero-order valence-corrected chi connectivity index (χ0v) is 20.2. The van der Waals surface area contributed by atoms with Crippen molar-refractivity contribution in [3.05, 3.63) is 47.0 Å². The van der Waals surface area contributed by atoms with E-state index < -0.39 is 9.84 Å². The van der Waals surface area contributed by atoms with Crippen molar-refractivity contribution in [2.24, 2.45) is 7.05 Å². The Labute approximate surface area is 189 Å². The molecule has 1 aromatic carbocycles. The van der Waals surface area contributed by atoms with Gasteiger partial charge in [-0.05, 0) is 57.9 Å². The molecule has 0 radical (unpaired) electrons. The molecule has 0 amide bonds. The van der Waals surface area contributed by atoms with Crippen LogP contribution in [-0.2, 0) is 16.9 Å². The molecule has 1 fully saturated rings. The number of pyridine rings is 1. The Morgan fingerprint density at radius 1 is 1.09 bits per heavy atom. The van der Waals surface area contributed by atoms with Crippen molar-refractivity contribution in [2.45, 2.75) is 50.1 Å². The monoisotopic (exact) mass is 456 g/mol. The third-order valence-electron chi connectivity index (χ3n) is 6.41. The van der Waals surface area contributed by atoms with E-state index in [-0.39, 0.29) is 16.0 Å². The molecule has 1 aliphatic rings. The van der Waals surface area contributed by atoms with E-state index in [1.807, 2.05) is 12.1 Å². The molecular weight excluding hydrogens is 424 g/mol. The van der Waals surface area contributed by atoms with Crippen LogP contribution in [0.25, 0.3) is 22.0 Å². The van der Waals surface area contributed by atoms with Crippen molar-refractivity contribution in [1.82, 2.24) is 14.5 Å². The molecule has 2 N–H and O–H groups in total. The summed E-state index contributed by atoms with van der Waals surface area (Å²) in [4.78, 5) is 18.3. The summed E-state index contributed by atoms with van der Waals surface area (Å²) in [7, 11) is -1.67. The van der Waals surface area contributed by atoms with E-state index in [9.17, 15) is 13.2 Å². The normalized spacial score (nSPS) is 16.5. The minimum absolute atomic E-state index is 0.114. The second-order valence-electron chi connectivity index (χ2n) is 9.78. The van der Waals surface area contributed by atoms with Crippen LogP contribution in [0.2, 0.25) is 0 Å². The van der Waals surface area contributed by atoms with Gasteiger partial charge in [0, 0.05) is 72.6 Å². The minimum Gasteiger partial charge on any atom is -0.382 e. The quantitative estimate of drug-likeness (QED) is 0.626. The molecule has 4 rings (SSSR count). The molecule has 2 aromatic heterocycles. The molecule has 0 saturated carbocycles. The lowest BCUT2D eigenvalue weighted by Gasteiger charge is -2.41. The number of nitrogens with one attached hydrogen (secondary N) is 2. The minimum atomic E-state index is -3.38. The van der Waals surface area contributed by atoms with E-state index in [1.54, 1.807) is 31.6 Å². The van der Waals surface area contributed by atoms with Gasteiger partial charge in [0.1, 0.15) is 5.52 Å². The third-order valence-corrected chi connectivity index (χ3v) is 7.52. The van der Waals surface area contributed by atoms with Crippen LogP contribution >= 0.6 is 0 Å². The predicted octanol–water partition coefficient (Wildman–Crippen LogP) is 3.61. The average molecular weight is 457 g/mol. The molecule has 0 aliphatic carbocycles. The summed E-state index contributed by atoms with van der Waals surface area (Å²) in [5, 5.41) is 4.45. The maximum atomic E-state index is 12.5. The fourth-order valence-corrected chi connectivity index (χ4v) is 5.15. The summed E-state index contributed by atoms with van der Waals surface area (Å²) in [5.41, 5.74) is 3.04. The van der Waals surface area contributed by atoms with Crippen LogP contribution in [0.1, 0.15) is 33.6 Å². The molecule has 3 heterocycles. The Bertz CT molecular complexity index is 1310. The fraction of sp³-hybridized carbons (Fsp3) is 0.458. The largest absolute Gasteiger partial charge is 0.382 e. The van der Waals surface area contributed by atoms with Crippen molar-refractivity contribution in [1.29, 1.82) is 0 Å². The molecular formula is C24H32N4O3S. The van der Waals surface area contributed by atoms with Gasteiger partial charge in [0.25, 0.3) is 5.56 Å². The van der Waals surface area contributed by atoms with Crippen molar-refractivity contribution in [3.8, 4) is 11.1 Å². The number of hydrogen-bond donors (Lipinski definition) is 2. The van der Waals surface area contributed by atoms with E-state index in [0.717, 1.165) is 48.1 Å². The first-order chi connectivity index (χ1) is 14.9. The summed E-state index contributed by atoms with van der Waals surface area (Å²) in [6, 6.07) is 7.39. The first kappa shape index (κ1) is 22.6. The number of aromatic amines is 1. The molecule has 0 atom stereocenters.